The van der Waals surface area contributed by atoms with Gasteiger partial charge in [-0.3, -0.25) is 9.39 Å². The third-order valence-electron chi connectivity index (χ3n) is 4.56. The number of benzene rings is 1. The van der Waals surface area contributed by atoms with Crippen molar-refractivity contribution in [2.75, 3.05) is 11.7 Å². The van der Waals surface area contributed by atoms with Crippen LogP contribution in [0.15, 0.2) is 59.9 Å². The van der Waals surface area contributed by atoms with Crippen molar-refractivity contribution in [1.82, 2.24) is 9.38 Å². The summed E-state index contributed by atoms with van der Waals surface area (Å²) in [5.74, 6) is 1.13. The third-order valence-corrected chi connectivity index (χ3v) is 4.56. The summed E-state index contributed by atoms with van der Waals surface area (Å²) in [6.45, 7) is 0.113. The highest BCUT2D eigenvalue weighted by Gasteiger charge is 2.41. The van der Waals surface area contributed by atoms with Crippen LogP contribution in [0.25, 0.3) is 5.65 Å². The molecule has 1 unspecified atom stereocenters. The lowest BCUT2D eigenvalue weighted by Gasteiger charge is -2.30. The molecule has 2 aliphatic rings. The molecular formula is C19H13F3N4O2. The quantitative estimate of drug-likeness (QED) is 0.663. The molecule has 142 valence electrons. The number of hydrogen-bond acceptors (Lipinski definition) is 5. The summed E-state index contributed by atoms with van der Waals surface area (Å²) in [6, 6.07) is 10.0. The molecule has 1 atom stereocenters. The van der Waals surface area contributed by atoms with Crippen molar-refractivity contribution in [3.8, 4) is 11.5 Å². The standard InChI is InChI=1S/C19H13F3N4O2/c20-19(21,22)17-16(26-8-2-1-4-15(26)24-17)18-23-7-3-9-25(18)12-5-6-13-14(10-12)28-11-27-13/h1-10,18H,11H2. The average Bonchev–Trinajstić information content (AvgIpc) is 3.31. The number of allylic oxidation sites excluding steroid dienone is 1. The van der Waals surface area contributed by atoms with Crippen LogP contribution < -0.4 is 14.4 Å². The lowest BCUT2D eigenvalue weighted by Crippen LogP contribution is -2.27. The molecule has 2 aliphatic heterocycles. The molecule has 0 fully saturated rings. The van der Waals surface area contributed by atoms with E-state index < -0.39 is 18.0 Å². The van der Waals surface area contributed by atoms with Gasteiger partial charge in [-0.2, -0.15) is 13.2 Å². The van der Waals surface area contributed by atoms with Gasteiger partial charge in [0.2, 0.25) is 6.79 Å². The number of anilines is 1. The maximum absolute atomic E-state index is 13.8. The topological polar surface area (TPSA) is 51.4 Å². The number of pyridine rings is 1. The van der Waals surface area contributed by atoms with Crippen molar-refractivity contribution in [3.05, 3.63) is 66.3 Å². The smallest absolute Gasteiger partial charge is 0.435 e. The Morgan fingerprint density at radius 2 is 1.93 bits per heavy atom. The second-order valence-corrected chi connectivity index (χ2v) is 6.23. The molecule has 0 bridgehead atoms. The summed E-state index contributed by atoms with van der Waals surface area (Å²) in [5.41, 5.74) is -0.176. The summed E-state index contributed by atoms with van der Waals surface area (Å²) in [6.07, 6.45) is 0.822. The van der Waals surface area contributed by atoms with Crippen LogP contribution in [0.4, 0.5) is 18.9 Å². The fraction of sp³-hybridized carbons (Fsp3) is 0.158. The van der Waals surface area contributed by atoms with E-state index in [1.807, 2.05) is 0 Å². The highest BCUT2D eigenvalue weighted by molar-refractivity contribution is 5.75. The highest BCUT2D eigenvalue weighted by Crippen LogP contribution is 2.42. The Morgan fingerprint density at radius 1 is 1.07 bits per heavy atom. The number of fused-ring (bicyclic) bond motifs is 2. The van der Waals surface area contributed by atoms with Crippen molar-refractivity contribution >= 4 is 17.5 Å². The van der Waals surface area contributed by atoms with E-state index in [4.69, 9.17) is 9.47 Å². The molecule has 2 aromatic heterocycles. The zero-order valence-electron chi connectivity index (χ0n) is 14.3. The first-order valence-electron chi connectivity index (χ1n) is 8.44. The Morgan fingerprint density at radius 3 is 2.79 bits per heavy atom. The number of rotatable bonds is 2. The molecule has 3 aromatic rings. The lowest BCUT2D eigenvalue weighted by atomic mass is 10.1. The number of aromatic nitrogens is 2. The van der Waals surface area contributed by atoms with Crippen molar-refractivity contribution in [1.29, 1.82) is 0 Å². The Hall–Kier alpha value is -3.49. The van der Waals surface area contributed by atoms with Gasteiger partial charge in [-0.15, -0.1) is 0 Å². The predicted octanol–water partition coefficient (Wildman–Crippen LogP) is 4.19. The van der Waals surface area contributed by atoms with Gasteiger partial charge < -0.3 is 14.4 Å². The molecule has 5 rings (SSSR count). The van der Waals surface area contributed by atoms with E-state index in [0.29, 0.717) is 17.2 Å². The fourth-order valence-electron chi connectivity index (χ4n) is 3.36. The van der Waals surface area contributed by atoms with Crippen LogP contribution in [-0.2, 0) is 6.18 Å². The number of nitrogens with zero attached hydrogens (tertiary/aromatic N) is 4. The molecule has 28 heavy (non-hydrogen) atoms. The van der Waals surface area contributed by atoms with Crippen LogP contribution in [0.2, 0.25) is 0 Å². The van der Waals surface area contributed by atoms with Crippen molar-refractivity contribution in [3.63, 3.8) is 0 Å². The maximum atomic E-state index is 13.8. The van der Waals surface area contributed by atoms with Gasteiger partial charge in [0.1, 0.15) is 11.3 Å². The van der Waals surface area contributed by atoms with Crippen molar-refractivity contribution in [2.24, 2.45) is 4.99 Å². The van der Waals surface area contributed by atoms with Crippen LogP contribution in [0, 0.1) is 0 Å². The molecule has 0 radical (unpaired) electrons. The molecule has 0 spiro atoms. The van der Waals surface area contributed by atoms with E-state index in [9.17, 15) is 13.2 Å². The van der Waals surface area contributed by atoms with Crippen LogP contribution >= 0.6 is 0 Å². The highest BCUT2D eigenvalue weighted by atomic mass is 19.4. The van der Waals surface area contributed by atoms with Crippen LogP contribution in [0.3, 0.4) is 0 Å². The van der Waals surface area contributed by atoms with Crippen LogP contribution in [-0.4, -0.2) is 22.4 Å². The number of halogens is 3. The SMILES string of the molecule is FC(F)(F)c1nc2ccccn2c1C1N=CC=CN1c1ccc2c(c1)OCO2. The molecule has 0 N–H and O–H groups in total. The minimum absolute atomic E-state index is 0.0543. The molecule has 6 nitrogen and oxygen atoms in total. The summed E-state index contributed by atoms with van der Waals surface area (Å²) >= 11 is 0. The summed E-state index contributed by atoms with van der Waals surface area (Å²) in [5, 5.41) is 0. The zero-order valence-corrected chi connectivity index (χ0v) is 14.3. The molecule has 4 heterocycles. The summed E-state index contributed by atoms with van der Waals surface area (Å²) in [4.78, 5) is 9.79. The summed E-state index contributed by atoms with van der Waals surface area (Å²) in [7, 11) is 0. The molecule has 0 saturated heterocycles. The van der Waals surface area contributed by atoms with Crippen LogP contribution in [0.5, 0.6) is 11.5 Å². The van der Waals surface area contributed by atoms with Gasteiger partial charge in [-0.05, 0) is 30.3 Å². The molecular weight excluding hydrogens is 373 g/mol. The van der Waals surface area contributed by atoms with Crippen molar-refractivity contribution in [2.45, 2.75) is 12.3 Å². The first kappa shape index (κ1) is 16.7. The first-order chi connectivity index (χ1) is 13.5. The Kier molecular flexibility index (Phi) is 3.58. The molecule has 1 aromatic carbocycles. The van der Waals surface area contributed by atoms with E-state index in [-0.39, 0.29) is 18.1 Å². The Labute approximate surface area is 157 Å². The Balaban J connectivity index is 1.67. The van der Waals surface area contributed by atoms with Gasteiger partial charge in [0.05, 0.1) is 0 Å². The monoisotopic (exact) mass is 386 g/mol. The largest absolute Gasteiger partial charge is 0.454 e. The van der Waals surface area contributed by atoms with E-state index in [2.05, 4.69) is 9.98 Å². The fourth-order valence-corrected chi connectivity index (χ4v) is 3.36. The van der Waals surface area contributed by atoms with Gasteiger partial charge in [-0.1, -0.05) is 6.07 Å². The van der Waals surface area contributed by atoms with Crippen molar-refractivity contribution < 1.29 is 22.6 Å². The molecule has 0 amide bonds. The average molecular weight is 386 g/mol. The number of imidazole rings is 1. The number of alkyl halides is 3. The normalized spacial score (nSPS) is 18.2. The van der Waals surface area contributed by atoms with Crippen LogP contribution in [0.1, 0.15) is 17.6 Å². The second kappa shape index (κ2) is 6.01. The molecule has 9 heteroatoms. The minimum Gasteiger partial charge on any atom is -0.454 e. The van der Waals surface area contributed by atoms with Gasteiger partial charge >= 0.3 is 6.18 Å². The Bertz CT molecular complexity index is 1120. The first-order valence-corrected chi connectivity index (χ1v) is 8.44. The van der Waals surface area contributed by atoms with Gasteiger partial charge in [-0.25, -0.2) is 4.98 Å². The molecule has 0 saturated carbocycles. The minimum atomic E-state index is -4.61. The summed E-state index contributed by atoms with van der Waals surface area (Å²) < 4.78 is 53.4. The zero-order chi connectivity index (χ0) is 19.3. The van der Waals surface area contributed by atoms with E-state index in [1.165, 1.54) is 16.7 Å². The van der Waals surface area contributed by atoms with Gasteiger partial charge in [0.15, 0.2) is 23.4 Å². The van der Waals surface area contributed by atoms with E-state index >= 15 is 0 Å². The lowest BCUT2D eigenvalue weighted by molar-refractivity contribution is -0.141. The molecule has 0 aliphatic carbocycles. The predicted molar refractivity (Wildman–Crippen MR) is 95.6 cm³/mol. The third kappa shape index (κ3) is 2.58. The second-order valence-electron chi connectivity index (χ2n) is 6.23. The van der Waals surface area contributed by atoms with Gasteiger partial charge in [0.25, 0.3) is 0 Å². The number of hydrogen-bond donors (Lipinski definition) is 0. The van der Waals surface area contributed by atoms with Gasteiger partial charge in [0, 0.05) is 30.4 Å². The number of aliphatic imine (C=N–C) groups is 1. The van der Waals surface area contributed by atoms with E-state index in [0.717, 1.165) is 0 Å². The number of ether oxygens (including phenoxy) is 2. The van der Waals surface area contributed by atoms with E-state index in [1.54, 1.807) is 53.7 Å². The maximum Gasteiger partial charge on any atom is 0.435 e.